The molecule has 1 aromatic carbocycles. The van der Waals surface area contributed by atoms with Crippen LogP contribution >= 0.6 is 0 Å². The number of pyridine rings is 1. The van der Waals surface area contributed by atoms with E-state index < -0.39 is 6.09 Å². The van der Waals surface area contributed by atoms with Gasteiger partial charge in [-0.2, -0.15) is 0 Å². The molecule has 0 saturated heterocycles. The third-order valence-corrected chi connectivity index (χ3v) is 3.18. The summed E-state index contributed by atoms with van der Waals surface area (Å²) in [6, 6.07) is 12.8. The molecular weight excluding hydrogens is 294 g/mol. The molecule has 6 nitrogen and oxygen atoms in total. The Morgan fingerprint density at radius 1 is 1.17 bits per heavy atom. The van der Waals surface area contributed by atoms with Crippen LogP contribution in [0.1, 0.15) is 5.69 Å². The molecule has 0 aliphatic heterocycles. The van der Waals surface area contributed by atoms with Crippen molar-refractivity contribution in [2.24, 2.45) is 0 Å². The van der Waals surface area contributed by atoms with Gasteiger partial charge in [0.05, 0.1) is 5.69 Å². The summed E-state index contributed by atoms with van der Waals surface area (Å²) in [6.45, 7) is 0.340. The third kappa shape index (κ3) is 3.60. The SMILES string of the molecule is CN(C)C(=O)Oc1cccc(OCc2cn3ccccc3n2)c1. The van der Waals surface area contributed by atoms with Gasteiger partial charge in [-0.05, 0) is 24.3 Å². The van der Waals surface area contributed by atoms with E-state index in [0.717, 1.165) is 11.3 Å². The first kappa shape index (κ1) is 14.9. The number of aromatic nitrogens is 2. The zero-order valence-electron chi connectivity index (χ0n) is 13.0. The van der Waals surface area contributed by atoms with Crippen LogP contribution in [0.15, 0.2) is 54.9 Å². The van der Waals surface area contributed by atoms with Crippen molar-refractivity contribution in [2.75, 3.05) is 14.1 Å². The molecule has 2 heterocycles. The highest BCUT2D eigenvalue weighted by Gasteiger charge is 2.08. The molecule has 23 heavy (non-hydrogen) atoms. The standard InChI is InChI=1S/C17H17N3O3/c1-19(2)17(21)23-15-7-5-6-14(10-15)22-12-13-11-20-9-4-3-8-16(20)18-13/h3-11H,12H2,1-2H3. The number of amides is 1. The number of benzene rings is 1. The van der Waals surface area contributed by atoms with Gasteiger partial charge in [0, 0.05) is 32.6 Å². The second-order valence-corrected chi connectivity index (χ2v) is 5.22. The fraction of sp³-hybridized carbons (Fsp3) is 0.176. The van der Waals surface area contributed by atoms with Crippen molar-refractivity contribution in [2.45, 2.75) is 6.61 Å². The van der Waals surface area contributed by atoms with E-state index in [4.69, 9.17) is 9.47 Å². The largest absolute Gasteiger partial charge is 0.487 e. The lowest BCUT2D eigenvalue weighted by Crippen LogP contribution is -2.25. The zero-order valence-corrected chi connectivity index (χ0v) is 13.0. The Morgan fingerprint density at radius 3 is 2.78 bits per heavy atom. The lowest BCUT2D eigenvalue weighted by molar-refractivity contribution is 0.171. The maximum Gasteiger partial charge on any atom is 0.414 e. The predicted octanol–water partition coefficient (Wildman–Crippen LogP) is 2.97. The van der Waals surface area contributed by atoms with Crippen LogP contribution < -0.4 is 9.47 Å². The van der Waals surface area contributed by atoms with E-state index in [1.165, 1.54) is 4.90 Å². The normalized spacial score (nSPS) is 10.5. The van der Waals surface area contributed by atoms with Crippen LogP contribution in [0.25, 0.3) is 5.65 Å². The maximum atomic E-state index is 11.6. The van der Waals surface area contributed by atoms with Crippen LogP contribution in [-0.4, -0.2) is 34.5 Å². The molecule has 3 rings (SSSR count). The van der Waals surface area contributed by atoms with Gasteiger partial charge in [-0.1, -0.05) is 12.1 Å². The van der Waals surface area contributed by atoms with E-state index in [9.17, 15) is 4.79 Å². The first-order valence-corrected chi connectivity index (χ1v) is 7.16. The third-order valence-electron chi connectivity index (χ3n) is 3.18. The molecule has 0 N–H and O–H groups in total. The molecule has 0 saturated carbocycles. The lowest BCUT2D eigenvalue weighted by Gasteiger charge is -2.11. The summed E-state index contributed by atoms with van der Waals surface area (Å²) >= 11 is 0. The van der Waals surface area contributed by atoms with Gasteiger partial charge in [-0.25, -0.2) is 9.78 Å². The van der Waals surface area contributed by atoms with Crippen molar-refractivity contribution in [3.63, 3.8) is 0 Å². The molecular formula is C17H17N3O3. The molecule has 3 aromatic rings. The Labute approximate surface area is 133 Å². The fourth-order valence-electron chi connectivity index (χ4n) is 2.03. The molecule has 0 fully saturated rings. The number of nitrogens with zero attached hydrogens (tertiary/aromatic N) is 3. The topological polar surface area (TPSA) is 56.1 Å². The summed E-state index contributed by atoms with van der Waals surface area (Å²) in [5, 5.41) is 0. The van der Waals surface area contributed by atoms with Crippen molar-refractivity contribution in [1.29, 1.82) is 0 Å². The summed E-state index contributed by atoms with van der Waals surface area (Å²) < 4.78 is 12.9. The molecule has 2 aromatic heterocycles. The molecule has 0 unspecified atom stereocenters. The van der Waals surface area contributed by atoms with Gasteiger partial charge in [0.25, 0.3) is 0 Å². The number of fused-ring (bicyclic) bond motifs is 1. The van der Waals surface area contributed by atoms with Crippen LogP contribution in [0.5, 0.6) is 11.5 Å². The number of imidazole rings is 1. The Kier molecular flexibility index (Phi) is 4.14. The predicted molar refractivity (Wildman–Crippen MR) is 85.7 cm³/mol. The minimum atomic E-state index is -0.428. The molecule has 6 heteroatoms. The molecule has 0 spiro atoms. The number of carbonyl (C=O) groups is 1. The summed E-state index contributed by atoms with van der Waals surface area (Å²) in [4.78, 5) is 17.4. The Bertz CT molecular complexity index is 794. The summed E-state index contributed by atoms with van der Waals surface area (Å²) in [7, 11) is 3.26. The van der Waals surface area contributed by atoms with E-state index in [-0.39, 0.29) is 0 Å². The van der Waals surface area contributed by atoms with E-state index in [1.807, 2.05) is 41.1 Å². The average molecular weight is 311 g/mol. The second kappa shape index (κ2) is 6.39. The zero-order chi connectivity index (χ0) is 16.2. The molecule has 0 bridgehead atoms. The van der Waals surface area contributed by atoms with Gasteiger partial charge in [-0.15, -0.1) is 0 Å². The van der Waals surface area contributed by atoms with E-state index >= 15 is 0 Å². The highest BCUT2D eigenvalue weighted by atomic mass is 16.6. The molecule has 0 aliphatic carbocycles. The van der Waals surface area contributed by atoms with Gasteiger partial charge in [0.1, 0.15) is 23.8 Å². The van der Waals surface area contributed by atoms with Crippen LogP contribution in [0.2, 0.25) is 0 Å². The minimum Gasteiger partial charge on any atom is -0.487 e. The number of carbonyl (C=O) groups excluding carboxylic acids is 1. The van der Waals surface area contributed by atoms with Crippen molar-refractivity contribution >= 4 is 11.7 Å². The highest BCUT2D eigenvalue weighted by Crippen LogP contribution is 2.21. The van der Waals surface area contributed by atoms with Crippen molar-refractivity contribution in [3.8, 4) is 11.5 Å². The van der Waals surface area contributed by atoms with Crippen molar-refractivity contribution < 1.29 is 14.3 Å². The van der Waals surface area contributed by atoms with Crippen LogP contribution in [0, 0.1) is 0 Å². The van der Waals surface area contributed by atoms with Crippen molar-refractivity contribution in [1.82, 2.24) is 14.3 Å². The second-order valence-electron chi connectivity index (χ2n) is 5.22. The van der Waals surface area contributed by atoms with E-state index in [1.54, 1.807) is 32.3 Å². The highest BCUT2D eigenvalue weighted by molar-refractivity contribution is 5.70. The lowest BCUT2D eigenvalue weighted by atomic mass is 10.3. The van der Waals surface area contributed by atoms with E-state index in [0.29, 0.717) is 18.1 Å². The molecule has 0 aliphatic rings. The molecule has 0 radical (unpaired) electrons. The Morgan fingerprint density at radius 2 is 2.00 bits per heavy atom. The number of hydrogen-bond acceptors (Lipinski definition) is 4. The van der Waals surface area contributed by atoms with Gasteiger partial charge < -0.3 is 18.8 Å². The summed E-state index contributed by atoms with van der Waals surface area (Å²) in [5.74, 6) is 1.06. The molecule has 118 valence electrons. The molecule has 1 amide bonds. The van der Waals surface area contributed by atoms with Gasteiger partial charge in [-0.3, -0.25) is 0 Å². The first-order chi connectivity index (χ1) is 11.1. The number of ether oxygens (including phenoxy) is 2. The van der Waals surface area contributed by atoms with Crippen molar-refractivity contribution in [3.05, 3.63) is 60.6 Å². The minimum absolute atomic E-state index is 0.340. The van der Waals surface area contributed by atoms with Gasteiger partial charge in [0.15, 0.2) is 0 Å². The Balaban J connectivity index is 1.67. The fourth-order valence-corrected chi connectivity index (χ4v) is 2.03. The van der Waals surface area contributed by atoms with Crippen LogP contribution in [0.4, 0.5) is 4.79 Å². The van der Waals surface area contributed by atoms with Gasteiger partial charge in [0.2, 0.25) is 0 Å². The Hall–Kier alpha value is -3.02. The van der Waals surface area contributed by atoms with Gasteiger partial charge >= 0.3 is 6.09 Å². The number of hydrogen-bond donors (Lipinski definition) is 0. The monoisotopic (exact) mass is 311 g/mol. The average Bonchev–Trinajstić information content (AvgIpc) is 2.96. The maximum absolute atomic E-state index is 11.6. The van der Waals surface area contributed by atoms with Crippen LogP contribution in [-0.2, 0) is 6.61 Å². The first-order valence-electron chi connectivity index (χ1n) is 7.16. The smallest absolute Gasteiger partial charge is 0.414 e. The van der Waals surface area contributed by atoms with Crippen LogP contribution in [0.3, 0.4) is 0 Å². The van der Waals surface area contributed by atoms with E-state index in [2.05, 4.69) is 4.98 Å². The number of rotatable bonds is 4. The molecule has 0 atom stereocenters. The summed E-state index contributed by atoms with van der Waals surface area (Å²) in [6.07, 6.45) is 3.43. The quantitative estimate of drug-likeness (QED) is 0.743. The summed E-state index contributed by atoms with van der Waals surface area (Å²) in [5.41, 5.74) is 1.70.